The highest BCUT2D eigenvalue weighted by atomic mass is 19.1. The highest BCUT2D eigenvalue weighted by Gasteiger charge is 2.57. The molecule has 3 rings (SSSR count). The summed E-state index contributed by atoms with van der Waals surface area (Å²) < 4.78 is 27.9. The van der Waals surface area contributed by atoms with Gasteiger partial charge in [-0.2, -0.15) is 0 Å². The molecule has 1 saturated heterocycles. The van der Waals surface area contributed by atoms with Crippen LogP contribution in [0.4, 0.5) is 8.78 Å². The molecule has 1 heterocycles. The molecular weight excluding hydrogens is 272 g/mol. The molecule has 0 bridgehead atoms. The van der Waals surface area contributed by atoms with Crippen LogP contribution in [0.5, 0.6) is 0 Å². The molecular formula is C17H23F2NO. The van der Waals surface area contributed by atoms with Crippen molar-refractivity contribution in [3.63, 3.8) is 0 Å². The van der Waals surface area contributed by atoms with Crippen LogP contribution in [0.2, 0.25) is 0 Å². The number of likely N-dealkylation sites (tertiary alicyclic amines) is 1. The largest absolute Gasteiger partial charge is 0.384 e. The number of benzene rings is 1. The van der Waals surface area contributed by atoms with Crippen LogP contribution in [0.15, 0.2) is 12.1 Å². The average molecular weight is 295 g/mol. The second-order valence-electron chi connectivity index (χ2n) is 7.33. The first-order valence-electron chi connectivity index (χ1n) is 7.65. The van der Waals surface area contributed by atoms with Gasteiger partial charge in [0.05, 0.1) is 0 Å². The summed E-state index contributed by atoms with van der Waals surface area (Å²) >= 11 is 0. The van der Waals surface area contributed by atoms with Gasteiger partial charge in [-0.1, -0.05) is 13.8 Å². The normalized spacial score (nSPS) is 29.6. The van der Waals surface area contributed by atoms with Crippen molar-refractivity contribution in [2.24, 2.45) is 11.3 Å². The molecule has 0 aromatic heterocycles. The monoisotopic (exact) mass is 295 g/mol. The minimum Gasteiger partial charge on any atom is -0.384 e. The standard InChI is InChI=1S/C17H23F2NO/c1-16(2)10-11-8-13(18)9-14(19)15(11)17(16,21)12-4-6-20(3)7-5-12/h8-9,12,21H,4-7,10H2,1-3H3. The number of hydrogen-bond donors (Lipinski definition) is 1. The maximum absolute atomic E-state index is 14.4. The Morgan fingerprint density at radius 3 is 2.43 bits per heavy atom. The fourth-order valence-corrected chi connectivity index (χ4v) is 4.33. The smallest absolute Gasteiger partial charge is 0.132 e. The third-order valence-electron chi connectivity index (χ3n) is 5.49. The van der Waals surface area contributed by atoms with E-state index in [9.17, 15) is 13.9 Å². The second-order valence-corrected chi connectivity index (χ2v) is 7.33. The predicted molar refractivity (Wildman–Crippen MR) is 78.0 cm³/mol. The first-order valence-corrected chi connectivity index (χ1v) is 7.65. The van der Waals surface area contributed by atoms with Gasteiger partial charge in [0.25, 0.3) is 0 Å². The molecule has 1 aromatic carbocycles. The van der Waals surface area contributed by atoms with Crippen LogP contribution in [0.25, 0.3) is 0 Å². The lowest BCUT2D eigenvalue weighted by Crippen LogP contribution is -2.49. The van der Waals surface area contributed by atoms with Gasteiger partial charge in [-0.3, -0.25) is 0 Å². The lowest BCUT2D eigenvalue weighted by Gasteiger charge is -2.46. The fraction of sp³-hybridized carbons (Fsp3) is 0.647. The van der Waals surface area contributed by atoms with E-state index in [0.717, 1.165) is 32.0 Å². The molecule has 2 nitrogen and oxygen atoms in total. The van der Waals surface area contributed by atoms with E-state index in [1.165, 1.54) is 6.07 Å². The third-order valence-corrected chi connectivity index (χ3v) is 5.49. The van der Waals surface area contributed by atoms with E-state index in [0.29, 0.717) is 17.5 Å². The van der Waals surface area contributed by atoms with E-state index in [2.05, 4.69) is 11.9 Å². The highest BCUT2D eigenvalue weighted by molar-refractivity contribution is 5.43. The zero-order valence-corrected chi connectivity index (χ0v) is 12.9. The molecule has 1 unspecified atom stereocenters. The van der Waals surface area contributed by atoms with Crippen molar-refractivity contribution in [3.8, 4) is 0 Å². The molecule has 1 fully saturated rings. The summed E-state index contributed by atoms with van der Waals surface area (Å²) in [6.45, 7) is 5.73. The molecule has 2 aliphatic rings. The van der Waals surface area contributed by atoms with Crippen molar-refractivity contribution in [3.05, 3.63) is 34.9 Å². The summed E-state index contributed by atoms with van der Waals surface area (Å²) in [6.07, 6.45) is 2.19. The van der Waals surface area contributed by atoms with Crippen LogP contribution in [0, 0.1) is 23.0 Å². The molecule has 116 valence electrons. The third kappa shape index (κ3) is 2.11. The molecule has 1 aliphatic carbocycles. The van der Waals surface area contributed by atoms with Gasteiger partial charge in [-0.05, 0) is 56.9 Å². The Balaban J connectivity index is 2.09. The molecule has 0 amide bonds. The number of hydrogen-bond acceptors (Lipinski definition) is 2. The minimum absolute atomic E-state index is 0.0184. The van der Waals surface area contributed by atoms with Crippen LogP contribution in [0.3, 0.4) is 0 Å². The first-order chi connectivity index (χ1) is 9.75. The van der Waals surface area contributed by atoms with Gasteiger partial charge in [0.2, 0.25) is 0 Å². The van der Waals surface area contributed by atoms with Crippen molar-refractivity contribution in [1.29, 1.82) is 0 Å². The van der Waals surface area contributed by atoms with Crippen molar-refractivity contribution >= 4 is 0 Å². The Morgan fingerprint density at radius 1 is 1.19 bits per heavy atom. The molecule has 1 aliphatic heterocycles. The number of piperidine rings is 1. The molecule has 4 heteroatoms. The van der Waals surface area contributed by atoms with Crippen molar-refractivity contribution in [2.45, 2.75) is 38.7 Å². The first kappa shape index (κ1) is 14.9. The van der Waals surface area contributed by atoms with Crippen LogP contribution in [0.1, 0.15) is 37.8 Å². The maximum Gasteiger partial charge on any atom is 0.132 e. The molecule has 0 saturated carbocycles. The summed E-state index contributed by atoms with van der Waals surface area (Å²) in [6, 6.07) is 2.28. The van der Waals surface area contributed by atoms with Gasteiger partial charge in [0.15, 0.2) is 0 Å². The van der Waals surface area contributed by atoms with Crippen molar-refractivity contribution in [1.82, 2.24) is 4.90 Å². The fourth-order valence-electron chi connectivity index (χ4n) is 4.33. The van der Waals surface area contributed by atoms with Crippen LogP contribution in [-0.2, 0) is 12.0 Å². The number of rotatable bonds is 1. The zero-order valence-electron chi connectivity index (χ0n) is 12.9. The summed E-state index contributed by atoms with van der Waals surface area (Å²) in [7, 11) is 2.06. The van der Waals surface area contributed by atoms with Crippen molar-refractivity contribution < 1.29 is 13.9 Å². The minimum atomic E-state index is -1.21. The quantitative estimate of drug-likeness (QED) is 0.860. The number of halogens is 2. The van der Waals surface area contributed by atoms with E-state index in [-0.39, 0.29) is 5.92 Å². The van der Waals surface area contributed by atoms with Gasteiger partial charge in [0, 0.05) is 17.0 Å². The predicted octanol–water partition coefficient (Wildman–Crippen LogP) is 3.08. The average Bonchev–Trinajstić information content (AvgIpc) is 2.57. The van der Waals surface area contributed by atoms with Gasteiger partial charge in [-0.25, -0.2) is 8.78 Å². The van der Waals surface area contributed by atoms with E-state index in [1.54, 1.807) is 0 Å². The SMILES string of the molecule is CN1CCC(C2(O)c3c(F)cc(F)cc3CC2(C)C)CC1. The number of aliphatic hydroxyl groups is 1. The Morgan fingerprint density at radius 2 is 1.81 bits per heavy atom. The molecule has 1 N–H and O–H groups in total. The molecule has 1 atom stereocenters. The number of fused-ring (bicyclic) bond motifs is 1. The maximum atomic E-state index is 14.4. The highest BCUT2D eigenvalue weighted by Crippen LogP contribution is 2.56. The van der Waals surface area contributed by atoms with Gasteiger partial charge < -0.3 is 10.0 Å². The Bertz CT molecular complexity index is 564. The lowest BCUT2D eigenvalue weighted by atomic mass is 9.65. The topological polar surface area (TPSA) is 23.5 Å². The summed E-state index contributed by atoms with van der Waals surface area (Å²) in [5.74, 6) is -1.14. The Labute approximate surface area is 124 Å². The van der Waals surface area contributed by atoms with Crippen LogP contribution < -0.4 is 0 Å². The van der Waals surface area contributed by atoms with Crippen LogP contribution in [-0.4, -0.2) is 30.1 Å². The van der Waals surface area contributed by atoms with E-state index >= 15 is 0 Å². The van der Waals surface area contributed by atoms with E-state index in [1.807, 2.05) is 13.8 Å². The van der Waals surface area contributed by atoms with Gasteiger partial charge in [-0.15, -0.1) is 0 Å². The summed E-state index contributed by atoms with van der Waals surface area (Å²) in [5.41, 5.74) is -0.728. The summed E-state index contributed by atoms with van der Waals surface area (Å²) in [5, 5.41) is 11.5. The van der Waals surface area contributed by atoms with Gasteiger partial charge >= 0.3 is 0 Å². The Hall–Kier alpha value is -1.00. The second kappa shape index (κ2) is 4.75. The molecule has 21 heavy (non-hydrogen) atoms. The van der Waals surface area contributed by atoms with E-state index in [4.69, 9.17) is 0 Å². The van der Waals surface area contributed by atoms with Gasteiger partial charge in [0.1, 0.15) is 17.2 Å². The lowest BCUT2D eigenvalue weighted by molar-refractivity contribution is -0.123. The summed E-state index contributed by atoms with van der Waals surface area (Å²) in [4.78, 5) is 2.23. The molecule has 0 spiro atoms. The Kier molecular flexibility index (Phi) is 3.37. The van der Waals surface area contributed by atoms with Crippen LogP contribution >= 0.6 is 0 Å². The number of nitrogens with zero attached hydrogens (tertiary/aromatic N) is 1. The molecule has 1 aromatic rings. The zero-order chi connectivity index (χ0) is 15.4. The molecule has 0 radical (unpaired) electrons. The van der Waals surface area contributed by atoms with E-state index < -0.39 is 22.7 Å². The van der Waals surface area contributed by atoms with Crippen molar-refractivity contribution in [2.75, 3.05) is 20.1 Å².